The fourth-order valence-electron chi connectivity index (χ4n) is 2.53. The lowest BCUT2D eigenvalue weighted by atomic mass is 10.2. The summed E-state index contributed by atoms with van der Waals surface area (Å²) in [7, 11) is -1.77. The molecule has 0 fully saturated rings. The van der Waals surface area contributed by atoms with Crippen LogP contribution in [-0.4, -0.2) is 41.1 Å². The normalized spacial score (nSPS) is 13.2. The Bertz CT molecular complexity index is 1140. The van der Waals surface area contributed by atoms with Crippen LogP contribution in [0.3, 0.4) is 0 Å². The molecule has 0 saturated heterocycles. The molecular formula is C19H16ClNO8S. The molecule has 0 atom stereocenters. The first-order chi connectivity index (χ1) is 14.2. The van der Waals surface area contributed by atoms with Crippen LogP contribution in [0.1, 0.15) is 5.56 Å². The van der Waals surface area contributed by atoms with Crippen molar-refractivity contribution in [3.63, 3.8) is 0 Å². The topological polar surface area (TPSA) is 117 Å². The Kier molecular flexibility index (Phi) is 6.18. The van der Waals surface area contributed by atoms with Crippen LogP contribution in [0.5, 0.6) is 17.2 Å². The zero-order valence-electron chi connectivity index (χ0n) is 15.8. The monoisotopic (exact) mass is 453 g/mol. The average Bonchev–Trinajstić information content (AvgIpc) is 2.71. The third-order valence-corrected chi connectivity index (χ3v) is 5.64. The number of ether oxygens (including phenoxy) is 3. The van der Waals surface area contributed by atoms with Crippen molar-refractivity contribution in [2.45, 2.75) is 4.90 Å². The zero-order chi connectivity index (χ0) is 21.9. The van der Waals surface area contributed by atoms with Gasteiger partial charge in [0.25, 0.3) is 5.91 Å². The van der Waals surface area contributed by atoms with Gasteiger partial charge >= 0.3 is 16.1 Å². The summed E-state index contributed by atoms with van der Waals surface area (Å²) in [4.78, 5) is 22.3. The number of methoxy groups -OCH3 is 2. The van der Waals surface area contributed by atoms with Gasteiger partial charge in [-0.3, -0.25) is 4.79 Å². The van der Waals surface area contributed by atoms with Crippen LogP contribution in [0.15, 0.2) is 41.3 Å². The minimum absolute atomic E-state index is 0.0873. The number of carbonyl (C=O) groups excluding carboxylic acids is 2. The molecule has 0 unspecified atom stereocenters. The highest BCUT2D eigenvalue weighted by molar-refractivity contribution is 7.87. The lowest BCUT2D eigenvalue weighted by Gasteiger charge is -2.19. The second-order valence-electron chi connectivity index (χ2n) is 5.92. The van der Waals surface area contributed by atoms with Crippen molar-refractivity contribution in [2.75, 3.05) is 26.1 Å². The van der Waals surface area contributed by atoms with E-state index in [1.54, 1.807) is 0 Å². The SMILES string of the molecule is COC(=O)/C=C/c1ccc(OS(=O)(=O)c2cc3c(cc2Cl)NC(=O)CO3)c(OC)c1. The van der Waals surface area contributed by atoms with Gasteiger partial charge in [0.1, 0.15) is 10.6 Å². The Labute approximate surface area is 177 Å². The van der Waals surface area contributed by atoms with Gasteiger partial charge in [-0.05, 0) is 29.8 Å². The van der Waals surface area contributed by atoms with E-state index >= 15 is 0 Å². The third-order valence-electron chi connectivity index (χ3n) is 3.94. The van der Waals surface area contributed by atoms with E-state index in [-0.39, 0.29) is 45.4 Å². The van der Waals surface area contributed by atoms with E-state index in [4.69, 9.17) is 25.3 Å². The lowest BCUT2D eigenvalue weighted by molar-refractivity contribution is -0.134. The molecule has 0 radical (unpaired) electrons. The Balaban J connectivity index is 1.91. The van der Waals surface area contributed by atoms with Gasteiger partial charge in [0.05, 0.1) is 24.9 Å². The molecule has 3 rings (SSSR count). The summed E-state index contributed by atoms with van der Waals surface area (Å²) in [6.45, 7) is -0.247. The van der Waals surface area contributed by atoms with Crippen molar-refractivity contribution in [3.8, 4) is 17.2 Å². The zero-order valence-corrected chi connectivity index (χ0v) is 17.4. The Hall–Kier alpha value is -3.24. The second kappa shape index (κ2) is 8.64. The summed E-state index contributed by atoms with van der Waals surface area (Å²) in [5.74, 6) is -0.746. The quantitative estimate of drug-likeness (QED) is 0.403. The molecule has 11 heteroatoms. The van der Waals surface area contributed by atoms with Crippen molar-refractivity contribution in [2.24, 2.45) is 0 Å². The minimum atomic E-state index is -4.36. The van der Waals surface area contributed by atoms with Crippen LogP contribution >= 0.6 is 11.6 Å². The Morgan fingerprint density at radius 2 is 1.97 bits per heavy atom. The van der Waals surface area contributed by atoms with E-state index in [0.29, 0.717) is 5.56 Å². The standard InChI is InChI=1S/C19H16ClNO8S/c1-26-16-7-11(4-6-19(23)27-2)3-5-14(16)29-30(24,25)17-9-15-13(8-12(17)20)21-18(22)10-28-15/h3-9H,10H2,1-2H3,(H,21,22)/b6-4+. The van der Waals surface area contributed by atoms with E-state index in [2.05, 4.69) is 10.1 Å². The number of hydrogen-bond acceptors (Lipinski definition) is 8. The molecule has 1 aliphatic rings. The number of rotatable bonds is 6. The number of nitrogens with one attached hydrogen (secondary N) is 1. The summed E-state index contributed by atoms with van der Waals surface area (Å²) >= 11 is 6.09. The van der Waals surface area contributed by atoms with Crippen LogP contribution in [0.4, 0.5) is 5.69 Å². The van der Waals surface area contributed by atoms with Crippen molar-refractivity contribution in [1.82, 2.24) is 0 Å². The van der Waals surface area contributed by atoms with E-state index in [9.17, 15) is 18.0 Å². The average molecular weight is 454 g/mol. The van der Waals surface area contributed by atoms with E-state index in [0.717, 1.165) is 0 Å². The lowest BCUT2D eigenvalue weighted by Crippen LogP contribution is -2.25. The molecule has 30 heavy (non-hydrogen) atoms. The number of halogens is 1. The summed E-state index contributed by atoms with van der Waals surface area (Å²) in [5, 5.41) is 2.38. The summed E-state index contributed by atoms with van der Waals surface area (Å²) in [6, 6.07) is 6.82. The van der Waals surface area contributed by atoms with Gasteiger partial charge < -0.3 is 23.7 Å². The van der Waals surface area contributed by atoms with Gasteiger partial charge in [-0.25, -0.2) is 4.79 Å². The Morgan fingerprint density at radius 1 is 1.20 bits per heavy atom. The van der Waals surface area contributed by atoms with Gasteiger partial charge in [0, 0.05) is 12.1 Å². The molecule has 1 aliphatic heterocycles. The number of hydrogen-bond donors (Lipinski definition) is 1. The van der Waals surface area contributed by atoms with Gasteiger partial charge in [0.2, 0.25) is 0 Å². The first-order valence-corrected chi connectivity index (χ1v) is 10.2. The van der Waals surface area contributed by atoms with Crippen LogP contribution in [0.2, 0.25) is 5.02 Å². The van der Waals surface area contributed by atoms with Gasteiger partial charge in [-0.15, -0.1) is 0 Å². The number of fused-ring (bicyclic) bond motifs is 1. The van der Waals surface area contributed by atoms with Crippen molar-refractivity contribution in [3.05, 3.63) is 47.0 Å². The number of carbonyl (C=O) groups is 2. The largest absolute Gasteiger partial charge is 0.493 e. The molecule has 2 aromatic carbocycles. The first-order valence-electron chi connectivity index (χ1n) is 8.38. The van der Waals surface area contributed by atoms with Crippen molar-refractivity contribution >= 4 is 45.4 Å². The van der Waals surface area contributed by atoms with E-state index < -0.39 is 16.1 Å². The smallest absolute Gasteiger partial charge is 0.340 e. The van der Waals surface area contributed by atoms with Gasteiger partial charge in [-0.2, -0.15) is 8.42 Å². The first kappa shape index (κ1) is 21.5. The van der Waals surface area contributed by atoms with Crippen LogP contribution < -0.4 is 19.0 Å². The maximum Gasteiger partial charge on any atom is 0.340 e. The molecule has 2 aromatic rings. The molecular weight excluding hydrogens is 438 g/mol. The maximum absolute atomic E-state index is 12.8. The number of amides is 1. The predicted molar refractivity (Wildman–Crippen MR) is 107 cm³/mol. The Morgan fingerprint density at radius 3 is 2.67 bits per heavy atom. The van der Waals surface area contributed by atoms with Crippen LogP contribution in [-0.2, 0) is 24.4 Å². The minimum Gasteiger partial charge on any atom is -0.493 e. The molecule has 0 bridgehead atoms. The third kappa shape index (κ3) is 4.66. The van der Waals surface area contributed by atoms with Crippen molar-refractivity contribution in [1.29, 1.82) is 0 Å². The molecule has 0 aliphatic carbocycles. The summed E-state index contributed by atoms with van der Waals surface area (Å²) in [6.07, 6.45) is 2.68. The number of benzene rings is 2. The fraction of sp³-hybridized carbons (Fsp3) is 0.158. The predicted octanol–water partition coefficient (Wildman–Crippen LogP) is 2.63. The molecule has 9 nitrogen and oxygen atoms in total. The molecule has 1 amide bonds. The van der Waals surface area contributed by atoms with E-state index in [1.807, 2.05) is 0 Å². The molecule has 0 aromatic heterocycles. The molecule has 1 N–H and O–H groups in total. The molecule has 158 valence electrons. The van der Waals surface area contributed by atoms with Gasteiger partial charge in [-0.1, -0.05) is 17.7 Å². The number of anilines is 1. The highest BCUT2D eigenvalue weighted by Gasteiger charge is 2.27. The van der Waals surface area contributed by atoms with E-state index in [1.165, 1.54) is 56.7 Å². The van der Waals surface area contributed by atoms with Gasteiger partial charge in [0.15, 0.2) is 18.1 Å². The second-order valence-corrected chi connectivity index (χ2v) is 7.84. The fourth-order valence-corrected chi connectivity index (χ4v) is 3.99. The highest BCUT2D eigenvalue weighted by Crippen LogP contribution is 2.38. The van der Waals surface area contributed by atoms with Crippen LogP contribution in [0.25, 0.3) is 6.08 Å². The van der Waals surface area contributed by atoms with Crippen molar-refractivity contribution < 1.29 is 36.4 Å². The molecule has 0 spiro atoms. The highest BCUT2D eigenvalue weighted by atomic mass is 35.5. The molecule has 0 saturated carbocycles. The number of esters is 1. The molecule has 1 heterocycles. The van der Waals surface area contributed by atoms with Crippen LogP contribution in [0, 0.1) is 0 Å². The maximum atomic E-state index is 12.8. The summed E-state index contributed by atoms with van der Waals surface area (Å²) in [5.41, 5.74) is 0.812. The summed E-state index contributed by atoms with van der Waals surface area (Å²) < 4.78 is 45.7.